The molecule has 0 saturated carbocycles. The number of hydrogen-bond acceptors (Lipinski definition) is 3. The number of aromatic nitrogens is 1. The summed E-state index contributed by atoms with van der Waals surface area (Å²) in [7, 11) is 0. The van der Waals surface area contributed by atoms with Crippen molar-refractivity contribution in [3.8, 4) is 0 Å². The molecule has 0 unspecified atom stereocenters. The molecule has 0 atom stereocenters. The number of hydrogen-bond donors (Lipinski definition) is 3. The molecule has 0 radical (unpaired) electrons. The average Bonchev–Trinajstić information content (AvgIpc) is 2.64. The quantitative estimate of drug-likeness (QED) is 0.629. The van der Waals surface area contributed by atoms with E-state index >= 15 is 0 Å². The number of pyridine rings is 1. The van der Waals surface area contributed by atoms with Crippen LogP contribution < -0.4 is 16.0 Å². The Kier molecular flexibility index (Phi) is 5.46. The topological polar surface area (TPSA) is 83.1 Å². The van der Waals surface area contributed by atoms with Crippen molar-refractivity contribution in [3.05, 3.63) is 83.6 Å². The number of rotatable bonds is 4. The molecular formula is C19H15ClN4O2. The Balaban J connectivity index is 1.59. The zero-order valence-corrected chi connectivity index (χ0v) is 14.3. The molecule has 6 nitrogen and oxygen atoms in total. The fourth-order valence-corrected chi connectivity index (χ4v) is 2.43. The normalized spacial score (nSPS) is 10.0. The summed E-state index contributed by atoms with van der Waals surface area (Å²) in [6, 6.07) is 16.6. The van der Waals surface area contributed by atoms with Gasteiger partial charge in [0.05, 0.1) is 22.5 Å². The second-order valence-corrected chi connectivity index (χ2v) is 5.74. The first-order valence-electron chi connectivity index (χ1n) is 7.76. The first-order valence-corrected chi connectivity index (χ1v) is 8.13. The van der Waals surface area contributed by atoms with Crippen LogP contribution in [0.2, 0.25) is 5.02 Å². The van der Waals surface area contributed by atoms with Crippen LogP contribution in [0.4, 0.5) is 21.9 Å². The van der Waals surface area contributed by atoms with E-state index in [0.29, 0.717) is 27.6 Å². The van der Waals surface area contributed by atoms with E-state index < -0.39 is 0 Å². The maximum absolute atomic E-state index is 12.2. The first kappa shape index (κ1) is 17.4. The van der Waals surface area contributed by atoms with Crippen LogP contribution in [0, 0.1) is 0 Å². The van der Waals surface area contributed by atoms with Gasteiger partial charge in [0.15, 0.2) is 0 Å². The van der Waals surface area contributed by atoms with Crippen molar-refractivity contribution in [3.63, 3.8) is 0 Å². The third kappa shape index (κ3) is 4.58. The van der Waals surface area contributed by atoms with E-state index in [0.717, 1.165) is 0 Å². The van der Waals surface area contributed by atoms with Crippen molar-refractivity contribution < 1.29 is 9.59 Å². The molecule has 1 aromatic heterocycles. The highest BCUT2D eigenvalue weighted by molar-refractivity contribution is 6.34. The van der Waals surface area contributed by atoms with Crippen LogP contribution in [0.15, 0.2) is 73.1 Å². The Labute approximate surface area is 155 Å². The highest BCUT2D eigenvalue weighted by Crippen LogP contribution is 2.19. The summed E-state index contributed by atoms with van der Waals surface area (Å²) >= 11 is 6.01. The number of halogens is 1. The van der Waals surface area contributed by atoms with E-state index in [1.165, 1.54) is 0 Å². The molecule has 0 aliphatic carbocycles. The molecule has 0 bridgehead atoms. The molecule has 3 N–H and O–H groups in total. The van der Waals surface area contributed by atoms with Gasteiger partial charge in [-0.15, -0.1) is 0 Å². The molecule has 7 heteroatoms. The van der Waals surface area contributed by atoms with E-state index in [9.17, 15) is 9.59 Å². The molecule has 26 heavy (non-hydrogen) atoms. The van der Waals surface area contributed by atoms with Gasteiger partial charge in [-0.25, -0.2) is 4.79 Å². The zero-order valence-electron chi connectivity index (χ0n) is 13.6. The van der Waals surface area contributed by atoms with Gasteiger partial charge in [0.2, 0.25) is 0 Å². The zero-order chi connectivity index (χ0) is 18.4. The van der Waals surface area contributed by atoms with Gasteiger partial charge in [0.1, 0.15) is 0 Å². The van der Waals surface area contributed by atoms with Crippen molar-refractivity contribution >= 4 is 40.6 Å². The maximum Gasteiger partial charge on any atom is 0.323 e. The lowest BCUT2D eigenvalue weighted by molar-refractivity contribution is 0.102. The number of urea groups is 1. The van der Waals surface area contributed by atoms with Crippen LogP contribution in [0.3, 0.4) is 0 Å². The third-order valence-electron chi connectivity index (χ3n) is 3.44. The van der Waals surface area contributed by atoms with Crippen LogP contribution >= 0.6 is 11.6 Å². The van der Waals surface area contributed by atoms with E-state index in [4.69, 9.17) is 11.6 Å². The standard InChI is InChI=1S/C19H15ClN4O2/c20-17-6-2-1-5-16(17)18(25)22-13-7-9-14(10-8-13)23-19(26)24-15-4-3-11-21-12-15/h1-12H,(H,22,25)(H2,23,24,26). The Hall–Kier alpha value is -3.38. The van der Waals surface area contributed by atoms with Gasteiger partial charge in [-0.2, -0.15) is 0 Å². The van der Waals surface area contributed by atoms with Crippen LogP contribution in [0.25, 0.3) is 0 Å². The molecule has 0 spiro atoms. The highest BCUT2D eigenvalue weighted by atomic mass is 35.5. The minimum absolute atomic E-state index is 0.300. The summed E-state index contributed by atoms with van der Waals surface area (Å²) in [6.07, 6.45) is 3.17. The van der Waals surface area contributed by atoms with Gasteiger partial charge < -0.3 is 16.0 Å². The van der Waals surface area contributed by atoms with Crippen LogP contribution in [0.5, 0.6) is 0 Å². The summed E-state index contributed by atoms with van der Waals surface area (Å²) in [5, 5.41) is 8.51. The minimum Gasteiger partial charge on any atom is -0.322 e. The van der Waals surface area contributed by atoms with E-state index in [1.54, 1.807) is 73.1 Å². The molecule has 0 aliphatic heterocycles. The molecule has 0 fully saturated rings. The van der Waals surface area contributed by atoms with Gasteiger partial charge in [-0.05, 0) is 48.5 Å². The van der Waals surface area contributed by atoms with Gasteiger partial charge in [0.25, 0.3) is 5.91 Å². The lowest BCUT2D eigenvalue weighted by Crippen LogP contribution is -2.19. The predicted molar refractivity (Wildman–Crippen MR) is 103 cm³/mol. The smallest absolute Gasteiger partial charge is 0.322 e. The van der Waals surface area contributed by atoms with Crippen LogP contribution in [0.1, 0.15) is 10.4 Å². The average molecular weight is 367 g/mol. The molecule has 3 aromatic rings. The fourth-order valence-electron chi connectivity index (χ4n) is 2.21. The molecule has 1 heterocycles. The second-order valence-electron chi connectivity index (χ2n) is 5.33. The largest absolute Gasteiger partial charge is 0.323 e. The lowest BCUT2D eigenvalue weighted by Gasteiger charge is -2.09. The third-order valence-corrected chi connectivity index (χ3v) is 3.77. The monoisotopic (exact) mass is 366 g/mol. The molecule has 3 amide bonds. The highest BCUT2D eigenvalue weighted by Gasteiger charge is 2.10. The van der Waals surface area contributed by atoms with Crippen molar-refractivity contribution in [2.24, 2.45) is 0 Å². The van der Waals surface area contributed by atoms with Crippen molar-refractivity contribution in [1.82, 2.24) is 4.98 Å². The minimum atomic E-state index is -0.383. The molecule has 0 aliphatic rings. The number of nitrogens with one attached hydrogen (secondary N) is 3. The first-order chi connectivity index (χ1) is 12.6. The number of benzene rings is 2. The Bertz CT molecular complexity index is 914. The van der Waals surface area contributed by atoms with Gasteiger partial charge in [-0.1, -0.05) is 23.7 Å². The lowest BCUT2D eigenvalue weighted by atomic mass is 10.2. The molecule has 2 aromatic carbocycles. The summed E-state index contributed by atoms with van der Waals surface area (Å²) in [5.41, 5.74) is 2.16. The van der Waals surface area contributed by atoms with Crippen molar-refractivity contribution in [2.75, 3.05) is 16.0 Å². The number of carbonyl (C=O) groups is 2. The van der Waals surface area contributed by atoms with E-state index in [-0.39, 0.29) is 11.9 Å². The summed E-state index contributed by atoms with van der Waals surface area (Å²) in [5.74, 6) is -0.300. The van der Waals surface area contributed by atoms with Gasteiger partial charge in [-0.3, -0.25) is 9.78 Å². The SMILES string of the molecule is O=C(Nc1ccc(NC(=O)c2ccccc2Cl)cc1)Nc1cccnc1. The summed E-state index contributed by atoms with van der Waals surface area (Å²) in [6.45, 7) is 0. The number of carbonyl (C=O) groups excluding carboxylic acids is 2. The Morgan fingerprint density at radius 2 is 1.42 bits per heavy atom. The number of anilines is 3. The Morgan fingerprint density at radius 1 is 0.769 bits per heavy atom. The summed E-state index contributed by atoms with van der Waals surface area (Å²) in [4.78, 5) is 28.1. The Morgan fingerprint density at radius 3 is 2.08 bits per heavy atom. The molecule has 0 saturated heterocycles. The number of amides is 3. The molecule has 130 valence electrons. The van der Waals surface area contributed by atoms with Crippen LogP contribution in [-0.2, 0) is 0 Å². The molecule has 3 rings (SSSR count). The fraction of sp³-hybridized carbons (Fsp3) is 0. The summed E-state index contributed by atoms with van der Waals surface area (Å²) < 4.78 is 0. The van der Waals surface area contributed by atoms with Crippen LogP contribution in [-0.4, -0.2) is 16.9 Å². The van der Waals surface area contributed by atoms with Crippen molar-refractivity contribution in [1.29, 1.82) is 0 Å². The van der Waals surface area contributed by atoms with Gasteiger partial charge >= 0.3 is 6.03 Å². The maximum atomic E-state index is 12.2. The van der Waals surface area contributed by atoms with Crippen molar-refractivity contribution in [2.45, 2.75) is 0 Å². The number of nitrogens with zero attached hydrogens (tertiary/aromatic N) is 1. The van der Waals surface area contributed by atoms with E-state index in [1.807, 2.05) is 0 Å². The van der Waals surface area contributed by atoms with E-state index in [2.05, 4.69) is 20.9 Å². The molecular weight excluding hydrogens is 352 g/mol. The predicted octanol–water partition coefficient (Wildman–Crippen LogP) is 4.63. The van der Waals surface area contributed by atoms with Gasteiger partial charge in [0, 0.05) is 17.6 Å². The second kappa shape index (κ2) is 8.13.